The Morgan fingerprint density at radius 3 is 2.26 bits per heavy atom. The number of rotatable bonds is 9. The van der Waals surface area contributed by atoms with Crippen LogP contribution >= 0.6 is 0 Å². The molecule has 0 radical (unpaired) electrons. The average Bonchev–Trinajstić information content (AvgIpc) is 2.74. The van der Waals surface area contributed by atoms with Gasteiger partial charge in [-0.25, -0.2) is 4.79 Å². The lowest BCUT2D eigenvalue weighted by Gasteiger charge is -2.35. The number of nitrogens with zero attached hydrogens (tertiary/aromatic N) is 1. The van der Waals surface area contributed by atoms with Gasteiger partial charge in [-0.3, -0.25) is 14.4 Å². The topological polar surface area (TPSA) is 134 Å². The van der Waals surface area contributed by atoms with Crippen LogP contribution in [0.2, 0.25) is 0 Å². The van der Waals surface area contributed by atoms with Crippen LogP contribution < -0.4 is 10.6 Å². The minimum Gasteiger partial charge on any atom is -0.507 e. The van der Waals surface area contributed by atoms with Crippen molar-refractivity contribution in [1.29, 1.82) is 0 Å². The Bertz CT molecular complexity index is 893. The van der Waals surface area contributed by atoms with Crippen molar-refractivity contribution in [3.8, 4) is 5.75 Å². The zero-order valence-electron chi connectivity index (χ0n) is 21.2. The van der Waals surface area contributed by atoms with Crippen LogP contribution in [0.15, 0.2) is 18.2 Å². The molecule has 0 saturated heterocycles. The van der Waals surface area contributed by atoms with Crippen molar-refractivity contribution < 1.29 is 33.8 Å². The third kappa shape index (κ3) is 7.93. The van der Waals surface area contributed by atoms with Gasteiger partial charge in [0.1, 0.15) is 30.0 Å². The first-order valence-electron chi connectivity index (χ1n) is 11.2. The van der Waals surface area contributed by atoms with E-state index in [-0.39, 0.29) is 23.8 Å². The summed E-state index contributed by atoms with van der Waals surface area (Å²) in [5, 5.41) is 15.7. The molecule has 1 rings (SSSR count). The highest BCUT2D eigenvalue weighted by Gasteiger charge is 2.38. The molecule has 0 fully saturated rings. The van der Waals surface area contributed by atoms with Crippen molar-refractivity contribution in [2.45, 2.75) is 66.2 Å². The maximum Gasteiger partial charge on any atom is 0.408 e. The Hall–Kier alpha value is -3.30. The summed E-state index contributed by atoms with van der Waals surface area (Å²) in [7, 11) is 1.19. The summed E-state index contributed by atoms with van der Waals surface area (Å²) in [5.41, 5.74) is -0.0561. The lowest BCUT2D eigenvalue weighted by atomic mass is 9.97. The summed E-state index contributed by atoms with van der Waals surface area (Å²) in [6.07, 6.45) is -0.763. The monoisotopic (exact) mass is 479 g/mol. The van der Waals surface area contributed by atoms with E-state index < -0.39 is 48.1 Å². The minimum absolute atomic E-state index is 0.0851. The lowest BCUT2D eigenvalue weighted by Crippen LogP contribution is -2.55. The standard InChI is InChI=1S/C24H37N3O7/c1-9-27(22(31)18(14(2)3)26-23(32)34-24(5,6)7)19(21(30)25-13-17(28)33-8)16-12-10-11-15(4)20(16)29/h10-12,14,18-19,29H,9,13H2,1-8H3,(H,25,30)(H,26,32). The molecule has 2 atom stereocenters. The van der Waals surface area contributed by atoms with Crippen LogP contribution in [0, 0.1) is 12.8 Å². The molecule has 10 nitrogen and oxygen atoms in total. The van der Waals surface area contributed by atoms with Gasteiger partial charge in [0.05, 0.1) is 7.11 Å². The Morgan fingerprint density at radius 2 is 1.76 bits per heavy atom. The van der Waals surface area contributed by atoms with Crippen molar-refractivity contribution in [3.63, 3.8) is 0 Å². The molecule has 3 amide bonds. The SMILES string of the molecule is CCN(C(=O)C(NC(=O)OC(C)(C)C)C(C)C)C(C(=O)NCC(=O)OC)c1cccc(C)c1O. The van der Waals surface area contributed by atoms with Crippen molar-refractivity contribution in [3.05, 3.63) is 29.3 Å². The molecular formula is C24H37N3O7. The third-order valence-corrected chi connectivity index (χ3v) is 4.99. The van der Waals surface area contributed by atoms with Gasteiger partial charge in [-0.05, 0) is 46.1 Å². The zero-order valence-corrected chi connectivity index (χ0v) is 21.2. The molecule has 0 saturated carbocycles. The number of phenolic OH excluding ortho intramolecular Hbond substituents is 1. The minimum atomic E-state index is -1.26. The molecule has 0 aliphatic carbocycles. The molecule has 0 aromatic heterocycles. The third-order valence-electron chi connectivity index (χ3n) is 4.99. The number of ether oxygens (including phenoxy) is 2. The van der Waals surface area contributed by atoms with E-state index in [0.717, 1.165) is 0 Å². The highest BCUT2D eigenvalue weighted by molar-refractivity contribution is 5.93. The molecule has 34 heavy (non-hydrogen) atoms. The van der Waals surface area contributed by atoms with Crippen molar-refractivity contribution in [2.75, 3.05) is 20.2 Å². The van der Waals surface area contributed by atoms with E-state index in [1.165, 1.54) is 18.1 Å². The normalized spacial score (nSPS) is 13.0. The first-order valence-corrected chi connectivity index (χ1v) is 11.2. The second kappa shape index (κ2) is 12.2. The van der Waals surface area contributed by atoms with Crippen LogP contribution in [0.25, 0.3) is 0 Å². The van der Waals surface area contributed by atoms with Crippen molar-refractivity contribution in [2.24, 2.45) is 5.92 Å². The number of benzene rings is 1. The maximum absolute atomic E-state index is 13.6. The van der Waals surface area contributed by atoms with E-state index >= 15 is 0 Å². The van der Waals surface area contributed by atoms with Gasteiger partial charge in [0.15, 0.2) is 0 Å². The van der Waals surface area contributed by atoms with Crippen molar-refractivity contribution >= 4 is 23.9 Å². The molecule has 1 aromatic rings. The predicted molar refractivity (Wildman–Crippen MR) is 126 cm³/mol. The van der Waals surface area contributed by atoms with Crippen LogP contribution in [0.5, 0.6) is 5.75 Å². The number of aryl methyl sites for hydroxylation is 1. The number of carbonyl (C=O) groups is 4. The Balaban J connectivity index is 3.40. The molecule has 0 bridgehead atoms. The molecule has 1 aromatic carbocycles. The van der Waals surface area contributed by atoms with Gasteiger partial charge in [0, 0.05) is 12.1 Å². The van der Waals surface area contributed by atoms with E-state index in [9.17, 15) is 24.3 Å². The second-order valence-electron chi connectivity index (χ2n) is 9.20. The fourth-order valence-corrected chi connectivity index (χ4v) is 3.27. The Morgan fingerprint density at radius 1 is 1.15 bits per heavy atom. The first-order chi connectivity index (χ1) is 15.7. The van der Waals surface area contributed by atoms with Crippen LogP contribution in [0.4, 0.5) is 4.79 Å². The number of likely N-dealkylation sites (N-methyl/N-ethyl adjacent to an activating group) is 1. The van der Waals surface area contributed by atoms with Crippen LogP contribution in [-0.2, 0) is 23.9 Å². The molecule has 0 spiro atoms. The first kappa shape index (κ1) is 28.7. The van der Waals surface area contributed by atoms with Crippen molar-refractivity contribution in [1.82, 2.24) is 15.5 Å². The summed E-state index contributed by atoms with van der Waals surface area (Å²) in [6, 6.07) is 2.59. The van der Waals surface area contributed by atoms with Crippen LogP contribution in [0.3, 0.4) is 0 Å². The number of para-hydroxylation sites is 1. The predicted octanol–water partition coefficient (Wildman–Crippen LogP) is 2.43. The molecule has 2 unspecified atom stereocenters. The van der Waals surface area contributed by atoms with Gasteiger partial charge in [-0.2, -0.15) is 0 Å². The number of aromatic hydroxyl groups is 1. The number of nitrogens with one attached hydrogen (secondary N) is 2. The smallest absolute Gasteiger partial charge is 0.408 e. The molecule has 190 valence electrons. The number of esters is 1. The second-order valence-corrected chi connectivity index (χ2v) is 9.20. The fraction of sp³-hybridized carbons (Fsp3) is 0.583. The molecule has 10 heteroatoms. The van der Waals surface area contributed by atoms with E-state index in [2.05, 4.69) is 15.4 Å². The Kier molecular flexibility index (Phi) is 10.3. The summed E-state index contributed by atoms with van der Waals surface area (Å²) in [4.78, 5) is 52.1. The summed E-state index contributed by atoms with van der Waals surface area (Å²) in [6.45, 7) is 11.7. The van der Waals surface area contributed by atoms with E-state index in [0.29, 0.717) is 5.56 Å². The van der Waals surface area contributed by atoms with Crippen LogP contribution in [-0.4, -0.2) is 65.7 Å². The van der Waals surface area contributed by atoms with Gasteiger partial charge in [0.25, 0.3) is 0 Å². The average molecular weight is 480 g/mol. The van der Waals surface area contributed by atoms with Crippen LogP contribution in [0.1, 0.15) is 58.7 Å². The Labute approximate surface area is 201 Å². The quantitative estimate of drug-likeness (QED) is 0.463. The lowest BCUT2D eigenvalue weighted by molar-refractivity contribution is -0.145. The maximum atomic E-state index is 13.6. The molecule has 0 aliphatic heterocycles. The molecule has 3 N–H and O–H groups in total. The number of hydrogen-bond donors (Lipinski definition) is 3. The number of amides is 3. The fourth-order valence-electron chi connectivity index (χ4n) is 3.27. The largest absolute Gasteiger partial charge is 0.507 e. The van der Waals surface area contributed by atoms with Gasteiger partial charge < -0.3 is 30.1 Å². The molecular weight excluding hydrogens is 442 g/mol. The summed E-state index contributed by atoms with van der Waals surface area (Å²) < 4.78 is 9.87. The number of alkyl carbamates (subject to hydrolysis) is 1. The number of methoxy groups -OCH3 is 1. The highest BCUT2D eigenvalue weighted by atomic mass is 16.6. The van der Waals surface area contributed by atoms with Gasteiger partial charge >= 0.3 is 12.1 Å². The van der Waals surface area contributed by atoms with E-state index in [1.807, 2.05) is 0 Å². The number of hydrogen-bond acceptors (Lipinski definition) is 7. The van der Waals surface area contributed by atoms with Gasteiger partial charge in [0.2, 0.25) is 11.8 Å². The zero-order chi connectivity index (χ0) is 26.2. The number of carbonyl (C=O) groups excluding carboxylic acids is 4. The summed E-state index contributed by atoms with van der Waals surface area (Å²) >= 11 is 0. The highest BCUT2D eigenvalue weighted by Crippen LogP contribution is 2.32. The van der Waals surface area contributed by atoms with Gasteiger partial charge in [-0.1, -0.05) is 32.0 Å². The summed E-state index contributed by atoms with van der Waals surface area (Å²) in [5.74, 6) is -2.36. The van der Waals surface area contributed by atoms with E-state index in [1.54, 1.807) is 60.6 Å². The molecule has 0 aliphatic rings. The number of phenols is 1. The molecule has 0 heterocycles. The van der Waals surface area contributed by atoms with Gasteiger partial charge in [-0.15, -0.1) is 0 Å². The van der Waals surface area contributed by atoms with E-state index in [4.69, 9.17) is 4.74 Å².